The normalized spacial score (nSPS) is 11.1. The molecule has 2 heterocycles. The molecular formula is C25H32N4O5. The number of carbonyl (C=O) groups excluding carboxylic acids is 2. The van der Waals surface area contributed by atoms with E-state index in [0.717, 1.165) is 11.4 Å². The van der Waals surface area contributed by atoms with Gasteiger partial charge in [0.2, 0.25) is 0 Å². The average Bonchev–Trinajstić information content (AvgIpc) is 3.25. The van der Waals surface area contributed by atoms with Crippen molar-refractivity contribution in [1.29, 1.82) is 0 Å². The van der Waals surface area contributed by atoms with Crippen molar-refractivity contribution in [1.82, 2.24) is 20.1 Å². The number of pyridine rings is 1. The predicted octanol–water partition coefficient (Wildman–Crippen LogP) is 3.89. The van der Waals surface area contributed by atoms with E-state index in [0.29, 0.717) is 29.0 Å². The Balaban J connectivity index is 1.53. The quantitative estimate of drug-likeness (QED) is 0.336. The number of benzene rings is 1. The highest BCUT2D eigenvalue weighted by Gasteiger charge is 2.20. The van der Waals surface area contributed by atoms with Gasteiger partial charge in [-0.1, -0.05) is 13.8 Å². The molecule has 3 rings (SSSR count). The molecule has 0 atom stereocenters. The van der Waals surface area contributed by atoms with Gasteiger partial charge in [0.15, 0.2) is 12.3 Å². The Hall–Kier alpha value is -3.62. The standard InChI is InChI=1S/C25H32N4O5/c1-6-32-18-7-9-19(10-8-18)33-12-11-26-23(30)15-34-25(31)20-13-22(16(2)3)28-24-21(20)14-27-29(24)17(4)5/h7-10,13-14,16-17H,6,11-12,15H2,1-5H3,(H,26,30). The van der Waals surface area contributed by atoms with Crippen LogP contribution < -0.4 is 14.8 Å². The molecule has 0 unspecified atom stereocenters. The predicted molar refractivity (Wildman–Crippen MR) is 128 cm³/mol. The zero-order chi connectivity index (χ0) is 24.7. The van der Waals surface area contributed by atoms with Crippen LogP contribution in [0.2, 0.25) is 0 Å². The lowest BCUT2D eigenvalue weighted by atomic mass is 10.1. The van der Waals surface area contributed by atoms with Crippen molar-refractivity contribution >= 4 is 22.9 Å². The molecule has 9 nitrogen and oxygen atoms in total. The number of hydrogen-bond acceptors (Lipinski definition) is 7. The van der Waals surface area contributed by atoms with Crippen LogP contribution in [0.1, 0.15) is 62.6 Å². The second-order valence-electron chi connectivity index (χ2n) is 8.35. The molecule has 1 amide bonds. The molecule has 0 bridgehead atoms. The second kappa shape index (κ2) is 11.5. The Labute approximate surface area is 199 Å². The molecule has 0 radical (unpaired) electrons. The first-order valence-electron chi connectivity index (χ1n) is 11.5. The van der Waals surface area contributed by atoms with E-state index in [1.807, 2.05) is 46.8 Å². The Morgan fingerprint density at radius 2 is 1.74 bits per heavy atom. The van der Waals surface area contributed by atoms with Gasteiger partial charge in [-0.3, -0.25) is 4.79 Å². The molecule has 0 saturated carbocycles. The van der Waals surface area contributed by atoms with E-state index >= 15 is 0 Å². The number of carbonyl (C=O) groups is 2. The number of esters is 1. The van der Waals surface area contributed by atoms with Crippen LogP contribution in [-0.4, -0.2) is 53.0 Å². The summed E-state index contributed by atoms with van der Waals surface area (Å²) in [6.45, 7) is 10.7. The van der Waals surface area contributed by atoms with Crippen LogP contribution in [0.4, 0.5) is 0 Å². The minimum absolute atomic E-state index is 0.0897. The van der Waals surface area contributed by atoms with Crippen molar-refractivity contribution in [3.05, 3.63) is 47.8 Å². The summed E-state index contributed by atoms with van der Waals surface area (Å²) in [5.74, 6) is 0.571. The first-order valence-corrected chi connectivity index (χ1v) is 11.5. The first-order chi connectivity index (χ1) is 16.3. The van der Waals surface area contributed by atoms with E-state index < -0.39 is 11.9 Å². The van der Waals surface area contributed by atoms with Crippen molar-refractivity contribution in [2.75, 3.05) is 26.4 Å². The van der Waals surface area contributed by atoms with Crippen molar-refractivity contribution in [3.63, 3.8) is 0 Å². The van der Waals surface area contributed by atoms with Crippen LogP contribution in [0, 0.1) is 0 Å². The van der Waals surface area contributed by atoms with Gasteiger partial charge in [0.05, 0.1) is 30.3 Å². The molecule has 0 fully saturated rings. The molecule has 34 heavy (non-hydrogen) atoms. The molecule has 3 aromatic rings. The Bertz CT molecular complexity index is 1120. The molecule has 182 valence electrons. The fraction of sp³-hybridized carbons (Fsp3) is 0.440. The number of nitrogens with zero attached hydrogens (tertiary/aromatic N) is 3. The monoisotopic (exact) mass is 468 g/mol. The number of hydrogen-bond donors (Lipinski definition) is 1. The zero-order valence-corrected chi connectivity index (χ0v) is 20.3. The maximum atomic E-state index is 12.8. The highest BCUT2D eigenvalue weighted by atomic mass is 16.5. The van der Waals surface area contributed by atoms with Crippen LogP contribution in [-0.2, 0) is 9.53 Å². The van der Waals surface area contributed by atoms with Crippen molar-refractivity contribution in [2.24, 2.45) is 0 Å². The number of amides is 1. The molecule has 0 spiro atoms. The van der Waals surface area contributed by atoms with E-state index in [1.165, 1.54) is 0 Å². The van der Waals surface area contributed by atoms with E-state index in [4.69, 9.17) is 14.2 Å². The van der Waals surface area contributed by atoms with Gasteiger partial charge in [0.25, 0.3) is 5.91 Å². The molecule has 0 aliphatic carbocycles. The maximum absolute atomic E-state index is 12.8. The van der Waals surface area contributed by atoms with Gasteiger partial charge in [-0.25, -0.2) is 14.5 Å². The molecule has 0 saturated heterocycles. The highest BCUT2D eigenvalue weighted by Crippen LogP contribution is 2.25. The summed E-state index contributed by atoms with van der Waals surface area (Å²) in [5, 5.41) is 7.66. The third kappa shape index (κ3) is 6.24. The molecule has 1 aromatic carbocycles. The summed E-state index contributed by atoms with van der Waals surface area (Å²) in [5.41, 5.74) is 1.74. The van der Waals surface area contributed by atoms with Crippen molar-refractivity contribution in [3.8, 4) is 11.5 Å². The molecule has 1 N–H and O–H groups in total. The minimum atomic E-state index is -0.585. The SMILES string of the molecule is CCOc1ccc(OCCNC(=O)COC(=O)c2cc(C(C)C)nc3c2cnn3C(C)C)cc1. The second-order valence-corrected chi connectivity index (χ2v) is 8.35. The molecular weight excluding hydrogens is 436 g/mol. The van der Waals surface area contributed by atoms with Crippen LogP contribution in [0.15, 0.2) is 36.5 Å². The third-order valence-electron chi connectivity index (χ3n) is 5.05. The number of rotatable bonds is 11. The first kappa shape index (κ1) is 25.0. The highest BCUT2D eigenvalue weighted by molar-refractivity contribution is 6.03. The summed E-state index contributed by atoms with van der Waals surface area (Å²) in [6.07, 6.45) is 1.61. The van der Waals surface area contributed by atoms with Gasteiger partial charge in [0, 0.05) is 11.7 Å². The summed E-state index contributed by atoms with van der Waals surface area (Å²) in [7, 11) is 0. The molecule has 9 heteroatoms. The van der Waals surface area contributed by atoms with E-state index in [2.05, 4.69) is 15.4 Å². The van der Waals surface area contributed by atoms with Gasteiger partial charge in [-0.05, 0) is 57.0 Å². The minimum Gasteiger partial charge on any atom is -0.494 e. The number of aromatic nitrogens is 3. The zero-order valence-electron chi connectivity index (χ0n) is 20.3. The summed E-state index contributed by atoms with van der Waals surface area (Å²) in [6, 6.07) is 9.05. The lowest BCUT2D eigenvalue weighted by Gasteiger charge is -2.12. The summed E-state index contributed by atoms with van der Waals surface area (Å²) < 4.78 is 18.0. The van der Waals surface area contributed by atoms with E-state index in [1.54, 1.807) is 29.1 Å². The van der Waals surface area contributed by atoms with Crippen LogP contribution in [0.25, 0.3) is 11.0 Å². The Kier molecular flexibility index (Phi) is 8.45. The number of fused-ring (bicyclic) bond motifs is 1. The van der Waals surface area contributed by atoms with Crippen LogP contribution in [0.5, 0.6) is 11.5 Å². The molecule has 0 aliphatic rings. The molecule has 2 aromatic heterocycles. The summed E-state index contributed by atoms with van der Waals surface area (Å²) >= 11 is 0. The maximum Gasteiger partial charge on any atom is 0.339 e. The van der Waals surface area contributed by atoms with E-state index in [-0.39, 0.29) is 31.7 Å². The van der Waals surface area contributed by atoms with Gasteiger partial charge >= 0.3 is 5.97 Å². The van der Waals surface area contributed by atoms with E-state index in [9.17, 15) is 9.59 Å². The van der Waals surface area contributed by atoms with Gasteiger partial charge in [0.1, 0.15) is 18.1 Å². The third-order valence-corrected chi connectivity index (χ3v) is 5.05. The van der Waals surface area contributed by atoms with Crippen molar-refractivity contribution < 1.29 is 23.8 Å². The topological polar surface area (TPSA) is 105 Å². The smallest absolute Gasteiger partial charge is 0.339 e. The lowest BCUT2D eigenvalue weighted by molar-refractivity contribution is -0.124. The number of nitrogens with one attached hydrogen (secondary N) is 1. The number of ether oxygens (including phenoxy) is 3. The van der Waals surface area contributed by atoms with Gasteiger partial charge < -0.3 is 19.5 Å². The van der Waals surface area contributed by atoms with Crippen molar-refractivity contribution in [2.45, 2.75) is 46.6 Å². The average molecular weight is 469 g/mol. The van der Waals surface area contributed by atoms with Gasteiger partial charge in [-0.15, -0.1) is 0 Å². The van der Waals surface area contributed by atoms with Gasteiger partial charge in [-0.2, -0.15) is 5.10 Å². The fourth-order valence-corrected chi connectivity index (χ4v) is 3.30. The Morgan fingerprint density at radius 3 is 2.35 bits per heavy atom. The molecule has 0 aliphatic heterocycles. The van der Waals surface area contributed by atoms with Crippen LogP contribution >= 0.6 is 0 Å². The Morgan fingerprint density at radius 1 is 1.06 bits per heavy atom. The lowest BCUT2D eigenvalue weighted by Crippen LogP contribution is -2.32. The fourth-order valence-electron chi connectivity index (χ4n) is 3.30. The van der Waals surface area contributed by atoms with Crippen LogP contribution in [0.3, 0.4) is 0 Å². The summed E-state index contributed by atoms with van der Waals surface area (Å²) in [4.78, 5) is 29.6. The largest absolute Gasteiger partial charge is 0.494 e.